The van der Waals surface area contributed by atoms with Crippen molar-refractivity contribution in [1.82, 2.24) is 4.90 Å². The zero-order valence-electron chi connectivity index (χ0n) is 15.0. The van der Waals surface area contributed by atoms with Crippen LogP contribution in [0, 0.1) is 5.92 Å². The largest absolute Gasteiger partial charge is 0.325 e. The van der Waals surface area contributed by atoms with Gasteiger partial charge in [-0.05, 0) is 59.7 Å². The van der Waals surface area contributed by atoms with Crippen LogP contribution in [0.5, 0.6) is 0 Å². The van der Waals surface area contributed by atoms with Crippen molar-refractivity contribution in [2.45, 2.75) is 45.1 Å². The van der Waals surface area contributed by atoms with Crippen molar-refractivity contribution in [3.05, 3.63) is 51.7 Å². The Morgan fingerprint density at radius 3 is 2.84 bits per heavy atom. The SMILES string of the molecule is CC(C)c1ccccc1NC(=O)CN1CCc2sccc2[C@@H]1C1CC1. The monoisotopic (exact) mass is 354 g/mol. The molecule has 1 atom stereocenters. The van der Waals surface area contributed by atoms with Crippen LogP contribution in [0.25, 0.3) is 0 Å². The van der Waals surface area contributed by atoms with Gasteiger partial charge in [0.05, 0.1) is 6.54 Å². The van der Waals surface area contributed by atoms with Crippen LogP contribution >= 0.6 is 11.3 Å². The lowest BCUT2D eigenvalue weighted by Crippen LogP contribution is -2.41. The third-order valence-corrected chi connectivity index (χ3v) is 6.39. The van der Waals surface area contributed by atoms with Crippen molar-refractivity contribution >= 4 is 22.9 Å². The molecule has 0 radical (unpaired) electrons. The summed E-state index contributed by atoms with van der Waals surface area (Å²) in [5, 5.41) is 5.37. The first-order valence-electron chi connectivity index (χ1n) is 9.32. The predicted octanol–water partition coefficient (Wildman–Crippen LogP) is 4.82. The van der Waals surface area contributed by atoms with Gasteiger partial charge in [0.25, 0.3) is 0 Å². The molecule has 1 fully saturated rings. The van der Waals surface area contributed by atoms with Gasteiger partial charge in [0, 0.05) is 23.2 Å². The van der Waals surface area contributed by atoms with Gasteiger partial charge >= 0.3 is 0 Å². The average molecular weight is 355 g/mol. The first-order valence-corrected chi connectivity index (χ1v) is 10.2. The van der Waals surface area contributed by atoms with Gasteiger partial charge in [-0.15, -0.1) is 11.3 Å². The van der Waals surface area contributed by atoms with Gasteiger partial charge in [-0.25, -0.2) is 0 Å². The van der Waals surface area contributed by atoms with Gasteiger partial charge < -0.3 is 5.32 Å². The Balaban J connectivity index is 1.48. The Bertz CT molecular complexity index is 763. The fourth-order valence-electron chi connectivity index (χ4n) is 4.03. The number of para-hydroxylation sites is 1. The molecule has 1 aliphatic heterocycles. The standard InChI is InChI=1S/C21H26N2OS/c1-14(2)16-5-3-4-6-18(16)22-20(24)13-23-11-9-19-17(10-12-25-19)21(23)15-7-8-15/h3-6,10,12,14-15,21H,7-9,11,13H2,1-2H3,(H,22,24)/t21-/m0/s1. The van der Waals surface area contributed by atoms with E-state index in [2.05, 4.69) is 41.6 Å². The van der Waals surface area contributed by atoms with E-state index in [1.54, 1.807) is 0 Å². The van der Waals surface area contributed by atoms with Gasteiger partial charge in [0.15, 0.2) is 0 Å². The number of fused-ring (bicyclic) bond motifs is 1. The molecule has 1 saturated carbocycles. The Morgan fingerprint density at radius 1 is 1.28 bits per heavy atom. The minimum absolute atomic E-state index is 0.109. The van der Waals surface area contributed by atoms with E-state index in [0.29, 0.717) is 18.5 Å². The molecular weight excluding hydrogens is 328 g/mol. The first-order chi connectivity index (χ1) is 12.1. The molecule has 0 spiro atoms. The van der Waals surface area contributed by atoms with Crippen LogP contribution < -0.4 is 5.32 Å². The Morgan fingerprint density at radius 2 is 2.08 bits per heavy atom. The molecule has 25 heavy (non-hydrogen) atoms. The van der Waals surface area contributed by atoms with Crippen molar-refractivity contribution in [2.75, 3.05) is 18.4 Å². The van der Waals surface area contributed by atoms with Crippen molar-refractivity contribution in [3.63, 3.8) is 0 Å². The zero-order valence-corrected chi connectivity index (χ0v) is 15.8. The second kappa shape index (κ2) is 6.93. The lowest BCUT2D eigenvalue weighted by Gasteiger charge is -2.35. The molecule has 0 saturated heterocycles. The number of carbonyl (C=O) groups is 1. The summed E-state index contributed by atoms with van der Waals surface area (Å²) < 4.78 is 0. The molecule has 2 aromatic rings. The highest BCUT2D eigenvalue weighted by Gasteiger charge is 2.40. The molecule has 0 bridgehead atoms. The number of hydrogen-bond acceptors (Lipinski definition) is 3. The molecule has 4 heteroatoms. The summed E-state index contributed by atoms with van der Waals surface area (Å²) in [6.07, 6.45) is 3.68. The zero-order chi connectivity index (χ0) is 17.4. The maximum Gasteiger partial charge on any atom is 0.238 e. The van der Waals surface area contributed by atoms with E-state index < -0.39 is 0 Å². The second-order valence-corrected chi connectivity index (χ2v) is 8.59. The molecule has 2 heterocycles. The molecule has 0 unspecified atom stereocenters. The Labute approximate surface area is 154 Å². The van der Waals surface area contributed by atoms with E-state index >= 15 is 0 Å². The molecule has 4 rings (SSSR count). The summed E-state index contributed by atoms with van der Waals surface area (Å²) in [5.41, 5.74) is 3.64. The Hall–Kier alpha value is -1.65. The van der Waals surface area contributed by atoms with Crippen molar-refractivity contribution in [1.29, 1.82) is 0 Å². The highest BCUT2D eigenvalue weighted by molar-refractivity contribution is 7.10. The number of amides is 1. The van der Waals surface area contributed by atoms with E-state index in [-0.39, 0.29) is 5.91 Å². The third kappa shape index (κ3) is 3.51. The van der Waals surface area contributed by atoms with E-state index in [4.69, 9.17) is 0 Å². The Kier molecular flexibility index (Phi) is 4.65. The van der Waals surface area contributed by atoms with Crippen LogP contribution in [-0.2, 0) is 11.2 Å². The predicted molar refractivity (Wildman–Crippen MR) is 104 cm³/mol. The average Bonchev–Trinajstić information content (AvgIpc) is 3.31. The summed E-state index contributed by atoms with van der Waals surface area (Å²) >= 11 is 1.88. The van der Waals surface area contributed by atoms with Gasteiger partial charge in [-0.1, -0.05) is 32.0 Å². The molecule has 1 aromatic heterocycles. The van der Waals surface area contributed by atoms with E-state index in [1.165, 1.54) is 28.8 Å². The molecule has 1 N–H and O–H groups in total. The lowest BCUT2D eigenvalue weighted by atomic mass is 9.96. The quantitative estimate of drug-likeness (QED) is 0.835. The second-order valence-electron chi connectivity index (χ2n) is 7.59. The molecule has 1 aromatic carbocycles. The molecule has 2 aliphatic rings. The van der Waals surface area contributed by atoms with Crippen LogP contribution in [0.4, 0.5) is 5.69 Å². The third-order valence-electron chi connectivity index (χ3n) is 5.39. The topological polar surface area (TPSA) is 32.3 Å². The van der Waals surface area contributed by atoms with Crippen LogP contribution in [0.1, 0.15) is 54.7 Å². The summed E-state index contributed by atoms with van der Waals surface area (Å²) in [7, 11) is 0. The van der Waals surface area contributed by atoms with E-state index in [9.17, 15) is 4.79 Å². The van der Waals surface area contributed by atoms with Gasteiger partial charge in [-0.2, -0.15) is 0 Å². The summed E-state index contributed by atoms with van der Waals surface area (Å²) in [5.74, 6) is 1.25. The molecule has 3 nitrogen and oxygen atoms in total. The van der Waals surface area contributed by atoms with Crippen molar-refractivity contribution in [2.24, 2.45) is 5.92 Å². The minimum atomic E-state index is 0.109. The summed E-state index contributed by atoms with van der Waals surface area (Å²) in [4.78, 5) is 16.7. The number of nitrogens with zero attached hydrogens (tertiary/aromatic N) is 1. The first kappa shape index (κ1) is 16.8. The van der Waals surface area contributed by atoms with Gasteiger partial charge in [0.2, 0.25) is 5.91 Å². The highest BCUT2D eigenvalue weighted by atomic mass is 32.1. The van der Waals surface area contributed by atoms with Crippen molar-refractivity contribution in [3.8, 4) is 0 Å². The summed E-state index contributed by atoms with van der Waals surface area (Å²) in [6.45, 7) is 5.81. The molecule has 1 aliphatic carbocycles. The van der Waals surface area contributed by atoms with Crippen LogP contribution in [0.3, 0.4) is 0 Å². The summed E-state index contributed by atoms with van der Waals surface area (Å²) in [6, 6.07) is 10.9. The van der Waals surface area contributed by atoms with E-state index in [1.807, 2.05) is 29.5 Å². The number of benzene rings is 1. The number of nitrogens with one attached hydrogen (secondary N) is 1. The minimum Gasteiger partial charge on any atom is -0.325 e. The number of anilines is 1. The number of carbonyl (C=O) groups excluding carboxylic acids is 1. The number of hydrogen-bond donors (Lipinski definition) is 1. The van der Waals surface area contributed by atoms with Gasteiger partial charge in [0.1, 0.15) is 0 Å². The molecule has 1 amide bonds. The molecule has 132 valence electrons. The number of thiophene rings is 1. The number of rotatable bonds is 5. The maximum absolute atomic E-state index is 12.7. The van der Waals surface area contributed by atoms with Crippen LogP contribution in [-0.4, -0.2) is 23.9 Å². The fourth-order valence-corrected chi connectivity index (χ4v) is 4.94. The van der Waals surface area contributed by atoms with Crippen molar-refractivity contribution < 1.29 is 4.79 Å². The maximum atomic E-state index is 12.7. The highest BCUT2D eigenvalue weighted by Crippen LogP contribution is 2.48. The fraction of sp³-hybridized carbons (Fsp3) is 0.476. The lowest BCUT2D eigenvalue weighted by molar-refractivity contribution is -0.118. The molecular formula is C21H26N2OS. The van der Waals surface area contributed by atoms with Crippen LogP contribution in [0.15, 0.2) is 35.7 Å². The van der Waals surface area contributed by atoms with E-state index in [0.717, 1.165) is 24.6 Å². The normalized spacial score (nSPS) is 20.5. The smallest absolute Gasteiger partial charge is 0.238 e. The van der Waals surface area contributed by atoms with Gasteiger partial charge in [-0.3, -0.25) is 9.69 Å². The van der Waals surface area contributed by atoms with Crippen LogP contribution in [0.2, 0.25) is 0 Å².